The number of thioether (sulfide) groups is 1. The minimum atomic E-state index is -0.453. The molecular formula is C19H17N3O3S. The van der Waals surface area contributed by atoms with Gasteiger partial charge in [0.15, 0.2) is 11.0 Å². The Hall–Kier alpha value is -2.93. The lowest BCUT2D eigenvalue weighted by Gasteiger charge is -2.13. The lowest BCUT2D eigenvalue weighted by Crippen LogP contribution is -2.13. The normalized spacial score (nSPS) is 14.1. The zero-order valence-corrected chi connectivity index (χ0v) is 14.7. The first kappa shape index (κ1) is 17.9. The summed E-state index contributed by atoms with van der Waals surface area (Å²) < 4.78 is 0. The highest BCUT2D eigenvalue weighted by Crippen LogP contribution is 2.17. The van der Waals surface area contributed by atoms with Crippen LogP contribution in [-0.4, -0.2) is 28.2 Å². The van der Waals surface area contributed by atoms with E-state index < -0.39 is 4.92 Å². The first-order valence-electron chi connectivity index (χ1n) is 8.13. The van der Waals surface area contributed by atoms with Gasteiger partial charge in [-0.2, -0.15) is 0 Å². The van der Waals surface area contributed by atoms with Gasteiger partial charge in [0.1, 0.15) is 0 Å². The number of nitrogens with one attached hydrogen (secondary N) is 1. The number of amidine groups is 1. The van der Waals surface area contributed by atoms with Crippen LogP contribution in [0.3, 0.4) is 0 Å². The van der Waals surface area contributed by atoms with Crippen LogP contribution in [-0.2, 0) is 0 Å². The van der Waals surface area contributed by atoms with Gasteiger partial charge in [0.25, 0.3) is 5.69 Å². The molecule has 0 amide bonds. The Kier molecular flexibility index (Phi) is 5.80. The maximum atomic E-state index is 12.3. The van der Waals surface area contributed by atoms with E-state index in [1.54, 1.807) is 42.1 Å². The Morgan fingerprint density at radius 2 is 1.88 bits per heavy atom. The molecule has 0 saturated heterocycles. The van der Waals surface area contributed by atoms with E-state index in [1.807, 2.05) is 12.1 Å². The number of anilines is 1. The Balaban J connectivity index is 1.62. The quantitative estimate of drug-likeness (QED) is 0.366. The summed E-state index contributed by atoms with van der Waals surface area (Å²) in [6.45, 7) is 0.847. The molecule has 0 fully saturated rings. The van der Waals surface area contributed by atoms with Crippen molar-refractivity contribution in [3.05, 3.63) is 75.8 Å². The van der Waals surface area contributed by atoms with Crippen molar-refractivity contribution in [1.82, 2.24) is 0 Å². The predicted octanol–water partition coefficient (Wildman–Crippen LogP) is 4.40. The molecule has 2 aromatic rings. The second kappa shape index (κ2) is 8.44. The van der Waals surface area contributed by atoms with Crippen LogP contribution in [0.2, 0.25) is 0 Å². The van der Waals surface area contributed by atoms with Crippen molar-refractivity contribution in [2.45, 2.75) is 6.42 Å². The second-order valence-corrected chi connectivity index (χ2v) is 6.72. The third-order valence-electron chi connectivity index (χ3n) is 3.75. The highest BCUT2D eigenvalue weighted by atomic mass is 32.2. The fraction of sp³-hybridized carbons (Fsp3) is 0.158. The van der Waals surface area contributed by atoms with Crippen LogP contribution < -0.4 is 5.32 Å². The molecule has 1 heterocycles. The number of ketones is 1. The third kappa shape index (κ3) is 4.80. The molecule has 0 aromatic heterocycles. The largest absolute Gasteiger partial charge is 0.335 e. The average Bonchev–Trinajstić information content (AvgIpc) is 2.68. The van der Waals surface area contributed by atoms with Crippen molar-refractivity contribution >= 4 is 40.2 Å². The second-order valence-electron chi connectivity index (χ2n) is 5.64. The number of carbonyl (C=O) groups is 1. The molecule has 132 valence electrons. The molecule has 0 radical (unpaired) electrons. The Bertz CT molecular complexity index is 859. The highest BCUT2D eigenvalue weighted by molar-refractivity contribution is 8.14. The highest BCUT2D eigenvalue weighted by Gasteiger charge is 2.07. The zero-order chi connectivity index (χ0) is 18.4. The molecule has 0 bridgehead atoms. The summed E-state index contributed by atoms with van der Waals surface area (Å²) >= 11 is 1.70. The van der Waals surface area contributed by atoms with Gasteiger partial charge < -0.3 is 5.32 Å². The molecular weight excluding hydrogens is 350 g/mol. The summed E-state index contributed by atoms with van der Waals surface area (Å²) in [4.78, 5) is 26.8. The van der Waals surface area contributed by atoms with Crippen LogP contribution in [0.5, 0.6) is 0 Å². The zero-order valence-electron chi connectivity index (χ0n) is 13.9. The Morgan fingerprint density at radius 3 is 2.50 bits per heavy atom. The molecule has 1 N–H and O–H groups in total. The molecule has 26 heavy (non-hydrogen) atoms. The van der Waals surface area contributed by atoms with Gasteiger partial charge in [0, 0.05) is 35.7 Å². The standard InChI is InChI=1S/C19H17N3O3S/c23-18(11-4-14-2-9-17(10-3-14)22(24)25)15-5-7-16(8-6-15)21-19-20-12-1-13-26-19/h2-11H,1,12-13H2,(H,20,21). The number of rotatable bonds is 5. The van der Waals surface area contributed by atoms with Crippen molar-refractivity contribution in [3.8, 4) is 0 Å². The fourth-order valence-electron chi connectivity index (χ4n) is 2.35. The number of hydrogen-bond donors (Lipinski definition) is 1. The van der Waals surface area contributed by atoms with E-state index in [-0.39, 0.29) is 11.5 Å². The molecule has 3 rings (SSSR count). The Morgan fingerprint density at radius 1 is 1.15 bits per heavy atom. The van der Waals surface area contributed by atoms with E-state index in [0.29, 0.717) is 5.56 Å². The minimum Gasteiger partial charge on any atom is -0.335 e. The van der Waals surface area contributed by atoms with Crippen LogP contribution in [0, 0.1) is 10.1 Å². The molecule has 1 aliphatic rings. The van der Waals surface area contributed by atoms with Crippen molar-refractivity contribution < 1.29 is 9.72 Å². The van der Waals surface area contributed by atoms with Gasteiger partial charge in [-0.15, -0.1) is 0 Å². The maximum Gasteiger partial charge on any atom is 0.269 e. The van der Waals surface area contributed by atoms with E-state index in [2.05, 4.69) is 10.3 Å². The number of carbonyl (C=O) groups excluding carboxylic acids is 1. The van der Waals surface area contributed by atoms with Crippen molar-refractivity contribution in [2.24, 2.45) is 4.99 Å². The number of nitrogens with zero attached hydrogens (tertiary/aromatic N) is 2. The van der Waals surface area contributed by atoms with E-state index in [4.69, 9.17) is 0 Å². The lowest BCUT2D eigenvalue weighted by molar-refractivity contribution is -0.384. The minimum absolute atomic E-state index is 0.0253. The van der Waals surface area contributed by atoms with Gasteiger partial charge >= 0.3 is 0 Å². The van der Waals surface area contributed by atoms with Gasteiger partial charge in [-0.3, -0.25) is 19.9 Å². The van der Waals surface area contributed by atoms with Crippen LogP contribution in [0.25, 0.3) is 6.08 Å². The number of nitro benzene ring substituents is 1. The van der Waals surface area contributed by atoms with Crippen LogP contribution >= 0.6 is 11.8 Å². The Labute approximate surface area is 155 Å². The first-order chi connectivity index (χ1) is 12.6. The SMILES string of the molecule is O=C(C=Cc1ccc([N+](=O)[O-])cc1)c1ccc(NC2=NCCCS2)cc1. The summed E-state index contributed by atoms with van der Waals surface area (Å²) in [6, 6.07) is 13.3. The van der Waals surface area contributed by atoms with Crippen LogP contribution in [0.15, 0.2) is 59.6 Å². The van der Waals surface area contributed by atoms with Crippen LogP contribution in [0.1, 0.15) is 22.3 Å². The number of hydrogen-bond acceptors (Lipinski definition) is 6. The van der Waals surface area contributed by atoms with Gasteiger partial charge in [-0.25, -0.2) is 0 Å². The van der Waals surface area contributed by atoms with Crippen molar-refractivity contribution in [1.29, 1.82) is 0 Å². The lowest BCUT2D eigenvalue weighted by atomic mass is 10.1. The predicted molar refractivity (Wildman–Crippen MR) is 106 cm³/mol. The number of nitro groups is 1. The van der Waals surface area contributed by atoms with Gasteiger partial charge in [0.2, 0.25) is 0 Å². The topological polar surface area (TPSA) is 84.6 Å². The number of non-ortho nitro benzene ring substituents is 1. The van der Waals surface area contributed by atoms with Gasteiger partial charge in [-0.1, -0.05) is 17.8 Å². The summed E-state index contributed by atoms with van der Waals surface area (Å²) in [5.74, 6) is 0.940. The molecule has 0 unspecified atom stereocenters. The number of aliphatic imine (C=N–C) groups is 1. The molecule has 0 spiro atoms. The molecule has 0 atom stereocenters. The van der Waals surface area contributed by atoms with E-state index in [1.165, 1.54) is 18.2 Å². The summed E-state index contributed by atoms with van der Waals surface area (Å²) in [5.41, 5.74) is 2.23. The third-order valence-corrected chi connectivity index (χ3v) is 4.75. The monoisotopic (exact) mass is 367 g/mol. The molecule has 2 aromatic carbocycles. The fourth-order valence-corrected chi connectivity index (χ4v) is 3.19. The molecule has 6 nitrogen and oxygen atoms in total. The molecule has 1 aliphatic heterocycles. The summed E-state index contributed by atoms with van der Waals surface area (Å²) in [7, 11) is 0. The smallest absolute Gasteiger partial charge is 0.269 e. The summed E-state index contributed by atoms with van der Waals surface area (Å²) in [5, 5.41) is 14.8. The first-order valence-corrected chi connectivity index (χ1v) is 9.11. The summed E-state index contributed by atoms with van der Waals surface area (Å²) in [6.07, 6.45) is 4.21. The van der Waals surface area contributed by atoms with E-state index >= 15 is 0 Å². The van der Waals surface area contributed by atoms with Gasteiger partial charge in [-0.05, 0) is 54.5 Å². The van der Waals surface area contributed by atoms with E-state index in [0.717, 1.165) is 35.1 Å². The maximum absolute atomic E-state index is 12.3. The number of benzene rings is 2. The molecule has 0 saturated carbocycles. The van der Waals surface area contributed by atoms with Crippen molar-refractivity contribution in [3.63, 3.8) is 0 Å². The molecule has 0 aliphatic carbocycles. The average molecular weight is 367 g/mol. The van der Waals surface area contributed by atoms with Gasteiger partial charge in [0.05, 0.1) is 4.92 Å². The number of allylic oxidation sites excluding steroid dienone is 1. The van der Waals surface area contributed by atoms with Crippen molar-refractivity contribution in [2.75, 3.05) is 17.6 Å². The molecule has 7 heteroatoms. The van der Waals surface area contributed by atoms with E-state index in [9.17, 15) is 14.9 Å². The van der Waals surface area contributed by atoms with Crippen LogP contribution in [0.4, 0.5) is 11.4 Å².